The summed E-state index contributed by atoms with van der Waals surface area (Å²) in [6.07, 6.45) is 5.61. The van der Waals surface area contributed by atoms with E-state index in [1.165, 1.54) is 18.2 Å². The van der Waals surface area contributed by atoms with Gasteiger partial charge < -0.3 is 18.9 Å². The lowest BCUT2D eigenvalue weighted by Gasteiger charge is -2.29. The van der Waals surface area contributed by atoms with Gasteiger partial charge in [0, 0.05) is 24.2 Å². The molecule has 2 atom stereocenters. The highest BCUT2D eigenvalue weighted by atomic mass is 19.2. The summed E-state index contributed by atoms with van der Waals surface area (Å²) in [5.41, 5.74) is 0.897. The maximum Gasteiger partial charge on any atom is 0.207 e. The van der Waals surface area contributed by atoms with E-state index in [4.69, 9.17) is 18.9 Å². The second-order valence-corrected chi connectivity index (χ2v) is 8.23. The second-order valence-electron chi connectivity index (χ2n) is 8.23. The number of rotatable bonds is 8. The van der Waals surface area contributed by atoms with Crippen molar-refractivity contribution in [2.75, 3.05) is 19.8 Å². The Morgan fingerprint density at radius 1 is 1.03 bits per heavy atom. The lowest BCUT2D eigenvalue weighted by molar-refractivity contribution is -0.0397. The first-order valence-corrected chi connectivity index (χ1v) is 11.0. The SMILES string of the molecule is C=CCOc1ccc2c(c1F)Oc1c(cc(OCC3CCC(CCC)CO3)c(F)c1F)C2. The van der Waals surface area contributed by atoms with Crippen molar-refractivity contribution >= 4 is 0 Å². The van der Waals surface area contributed by atoms with Gasteiger partial charge in [0.25, 0.3) is 0 Å². The van der Waals surface area contributed by atoms with Crippen LogP contribution in [0.3, 0.4) is 0 Å². The van der Waals surface area contributed by atoms with Crippen LogP contribution >= 0.6 is 0 Å². The van der Waals surface area contributed by atoms with Gasteiger partial charge in [0.05, 0.1) is 6.10 Å². The number of benzene rings is 2. The van der Waals surface area contributed by atoms with E-state index in [-0.39, 0.29) is 48.7 Å². The van der Waals surface area contributed by atoms with Crippen molar-refractivity contribution < 1.29 is 32.1 Å². The number of ether oxygens (including phenoxy) is 4. The summed E-state index contributed by atoms with van der Waals surface area (Å²) in [6, 6.07) is 4.54. The quantitative estimate of drug-likeness (QED) is 0.377. The first-order valence-electron chi connectivity index (χ1n) is 11.0. The van der Waals surface area contributed by atoms with Crippen molar-refractivity contribution in [2.45, 2.75) is 45.1 Å². The average molecular weight is 448 g/mol. The third kappa shape index (κ3) is 4.58. The molecule has 0 spiro atoms. The minimum absolute atomic E-state index is 0.0402. The Morgan fingerprint density at radius 2 is 1.84 bits per heavy atom. The topological polar surface area (TPSA) is 36.9 Å². The largest absolute Gasteiger partial charge is 0.488 e. The van der Waals surface area contributed by atoms with Crippen LogP contribution in [0.4, 0.5) is 13.2 Å². The van der Waals surface area contributed by atoms with Crippen molar-refractivity contribution in [3.63, 3.8) is 0 Å². The van der Waals surface area contributed by atoms with Gasteiger partial charge in [-0.25, -0.2) is 0 Å². The zero-order valence-electron chi connectivity index (χ0n) is 18.1. The molecule has 4 nitrogen and oxygen atoms in total. The van der Waals surface area contributed by atoms with Crippen LogP contribution in [0.2, 0.25) is 0 Å². The monoisotopic (exact) mass is 448 g/mol. The second kappa shape index (κ2) is 9.86. The van der Waals surface area contributed by atoms with Gasteiger partial charge in [-0.1, -0.05) is 32.1 Å². The molecule has 0 bridgehead atoms. The van der Waals surface area contributed by atoms with Crippen molar-refractivity contribution in [3.8, 4) is 23.0 Å². The lowest BCUT2D eigenvalue weighted by atomic mass is 9.94. The first kappa shape index (κ1) is 22.5. The van der Waals surface area contributed by atoms with E-state index in [0.717, 1.165) is 25.7 Å². The number of halogens is 3. The van der Waals surface area contributed by atoms with Crippen molar-refractivity contribution in [1.29, 1.82) is 0 Å². The normalized spacial score (nSPS) is 19.5. The molecule has 32 heavy (non-hydrogen) atoms. The van der Waals surface area contributed by atoms with E-state index in [2.05, 4.69) is 13.5 Å². The molecule has 0 amide bonds. The number of hydrogen-bond acceptors (Lipinski definition) is 4. The molecule has 0 aromatic heterocycles. The molecule has 2 heterocycles. The summed E-state index contributed by atoms with van der Waals surface area (Å²) in [6.45, 7) is 6.58. The van der Waals surface area contributed by atoms with Crippen LogP contribution in [0.1, 0.15) is 43.7 Å². The van der Waals surface area contributed by atoms with Crippen molar-refractivity contribution in [2.24, 2.45) is 5.92 Å². The highest BCUT2D eigenvalue weighted by molar-refractivity contribution is 5.55. The van der Waals surface area contributed by atoms with E-state index in [1.54, 1.807) is 6.07 Å². The van der Waals surface area contributed by atoms with Crippen LogP contribution in [0, 0.1) is 23.4 Å². The predicted octanol–water partition coefficient (Wildman–Crippen LogP) is 6.34. The average Bonchev–Trinajstić information content (AvgIpc) is 2.80. The molecule has 2 aliphatic rings. The third-order valence-corrected chi connectivity index (χ3v) is 5.88. The first-order chi connectivity index (χ1) is 15.5. The minimum Gasteiger partial charge on any atom is -0.488 e. The van der Waals surface area contributed by atoms with E-state index >= 15 is 0 Å². The molecule has 0 radical (unpaired) electrons. The fourth-order valence-electron chi connectivity index (χ4n) is 4.19. The number of fused-ring (bicyclic) bond motifs is 2. The Kier molecular flexibility index (Phi) is 6.94. The summed E-state index contributed by atoms with van der Waals surface area (Å²) >= 11 is 0. The summed E-state index contributed by atoms with van der Waals surface area (Å²) in [5.74, 6) is -3.30. The van der Waals surface area contributed by atoms with Crippen LogP contribution < -0.4 is 14.2 Å². The van der Waals surface area contributed by atoms with Gasteiger partial charge >= 0.3 is 0 Å². The van der Waals surface area contributed by atoms with Crippen molar-refractivity contribution in [3.05, 3.63) is 59.4 Å². The van der Waals surface area contributed by atoms with E-state index in [9.17, 15) is 13.2 Å². The van der Waals surface area contributed by atoms with Crippen LogP contribution in [0.15, 0.2) is 30.9 Å². The fourth-order valence-corrected chi connectivity index (χ4v) is 4.19. The molecular weight excluding hydrogens is 421 g/mol. The van der Waals surface area contributed by atoms with E-state index in [1.807, 2.05) is 0 Å². The lowest BCUT2D eigenvalue weighted by Crippen LogP contribution is -2.30. The molecule has 0 N–H and O–H groups in total. The molecule has 7 heteroatoms. The Labute approximate surface area is 185 Å². The summed E-state index contributed by atoms with van der Waals surface area (Å²) in [7, 11) is 0. The maximum absolute atomic E-state index is 14.8. The van der Waals surface area contributed by atoms with Crippen LogP contribution in [-0.2, 0) is 11.2 Å². The Hall–Kier alpha value is -2.67. The highest BCUT2D eigenvalue weighted by Gasteiger charge is 2.30. The maximum atomic E-state index is 14.8. The summed E-state index contributed by atoms with van der Waals surface area (Å²) in [4.78, 5) is 0. The van der Waals surface area contributed by atoms with Crippen molar-refractivity contribution in [1.82, 2.24) is 0 Å². The minimum atomic E-state index is -1.20. The molecule has 1 saturated heterocycles. The number of hydrogen-bond donors (Lipinski definition) is 0. The van der Waals surface area contributed by atoms with E-state index in [0.29, 0.717) is 23.7 Å². The molecule has 2 aromatic carbocycles. The molecular formula is C25H27F3O4. The summed E-state index contributed by atoms with van der Waals surface area (Å²) in [5, 5.41) is 0. The zero-order valence-corrected chi connectivity index (χ0v) is 18.1. The molecule has 172 valence electrons. The molecule has 4 rings (SSSR count). The Balaban J connectivity index is 1.48. The molecule has 2 aromatic rings. The van der Waals surface area contributed by atoms with Gasteiger partial charge in [-0.05, 0) is 37.3 Å². The third-order valence-electron chi connectivity index (χ3n) is 5.88. The Bertz CT molecular complexity index is 984. The highest BCUT2D eigenvalue weighted by Crippen LogP contribution is 2.44. The van der Waals surface area contributed by atoms with Gasteiger partial charge in [0.1, 0.15) is 13.2 Å². The van der Waals surface area contributed by atoms with Gasteiger partial charge in [-0.3, -0.25) is 0 Å². The van der Waals surface area contributed by atoms with Crippen LogP contribution in [-0.4, -0.2) is 25.9 Å². The molecule has 1 fully saturated rings. The van der Waals surface area contributed by atoms with Crippen LogP contribution in [0.5, 0.6) is 23.0 Å². The fraction of sp³-hybridized carbons (Fsp3) is 0.440. The summed E-state index contributed by atoms with van der Waals surface area (Å²) < 4.78 is 66.3. The van der Waals surface area contributed by atoms with Gasteiger partial charge in [0.15, 0.2) is 23.0 Å². The molecule has 2 aliphatic heterocycles. The Morgan fingerprint density at radius 3 is 2.56 bits per heavy atom. The van der Waals surface area contributed by atoms with Crippen LogP contribution in [0.25, 0.3) is 0 Å². The smallest absolute Gasteiger partial charge is 0.207 e. The molecule has 2 unspecified atom stereocenters. The standard InChI is InChI=1S/C25H27F3O4/c1-3-5-15-6-8-18(30-13-15)14-31-20-12-17-11-16-7-9-19(29-10-4-2)22(27)24(16)32-25(17)23(28)21(20)26/h4,7,9,12,15,18H,2-3,5-6,8,10-11,13-14H2,1H3. The van der Waals surface area contributed by atoms with Gasteiger partial charge in [0.2, 0.25) is 17.5 Å². The molecule has 0 aliphatic carbocycles. The predicted molar refractivity (Wildman–Crippen MR) is 114 cm³/mol. The van der Waals surface area contributed by atoms with E-state index < -0.39 is 17.5 Å². The van der Waals surface area contributed by atoms with Gasteiger partial charge in [-0.2, -0.15) is 13.2 Å². The van der Waals surface area contributed by atoms with Gasteiger partial charge in [-0.15, -0.1) is 0 Å². The zero-order chi connectivity index (χ0) is 22.7. The molecule has 0 saturated carbocycles.